The Bertz CT molecular complexity index is 468. The summed E-state index contributed by atoms with van der Waals surface area (Å²) < 4.78 is 5.14. The van der Waals surface area contributed by atoms with Crippen LogP contribution in [0.1, 0.15) is 24.8 Å². The van der Waals surface area contributed by atoms with Gasteiger partial charge in [-0.05, 0) is 18.4 Å². The molecule has 0 N–H and O–H groups in total. The zero-order chi connectivity index (χ0) is 11.9. The van der Waals surface area contributed by atoms with Crippen LogP contribution in [0, 0.1) is 0 Å². The molecular formula is C14H15NO2. The quantitative estimate of drug-likeness (QED) is 0.740. The second-order valence-electron chi connectivity index (χ2n) is 4.74. The molecule has 2 aliphatic rings. The minimum atomic E-state index is -0.248. The van der Waals surface area contributed by atoms with Crippen LogP contribution in [0.3, 0.4) is 0 Å². The largest absolute Gasteiger partial charge is 0.415 e. The van der Waals surface area contributed by atoms with Crippen molar-refractivity contribution < 1.29 is 9.53 Å². The normalized spacial score (nSPS) is 27.9. The number of nitrogens with zero attached hydrogens (tertiary/aromatic N) is 1. The number of hydrogen-bond acceptors (Lipinski definition) is 2. The van der Waals surface area contributed by atoms with Crippen molar-refractivity contribution in [3.8, 4) is 0 Å². The number of cyclic esters (lactones) is 1. The maximum atomic E-state index is 11.9. The van der Waals surface area contributed by atoms with Crippen LogP contribution < -0.4 is 0 Å². The average Bonchev–Trinajstić information content (AvgIpc) is 2.75. The van der Waals surface area contributed by atoms with E-state index in [2.05, 4.69) is 18.7 Å². The van der Waals surface area contributed by atoms with Gasteiger partial charge in [0, 0.05) is 13.0 Å². The van der Waals surface area contributed by atoms with E-state index in [4.69, 9.17) is 4.74 Å². The van der Waals surface area contributed by atoms with Crippen LogP contribution >= 0.6 is 0 Å². The minimum absolute atomic E-state index is 0.215. The lowest BCUT2D eigenvalue weighted by Crippen LogP contribution is -2.49. The Labute approximate surface area is 101 Å². The summed E-state index contributed by atoms with van der Waals surface area (Å²) in [6, 6.07) is 10.2. The van der Waals surface area contributed by atoms with Crippen molar-refractivity contribution in [2.45, 2.75) is 24.8 Å². The molecule has 0 aliphatic carbocycles. The molecule has 0 radical (unpaired) electrons. The van der Waals surface area contributed by atoms with Crippen molar-refractivity contribution >= 4 is 6.09 Å². The van der Waals surface area contributed by atoms with E-state index in [1.165, 1.54) is 5.56 Å². The van der Waals surface area contributed by atoms with E-state index in [-0.39, 0.29) is 11.6 Å². The SMILES string of the molecule is C=C1C[C@]2(c3ccccc3)CCCN2C(=O)O1. The van der Waals surface area contributed by atoms with Crippen LogP contribution in [0.2, 0.25) is 0 Å². The van der Waals surface area contributed by atoms with Gasteiger partial charge < -0.3 is 4.74 Å². The maximum absolute atomic E-state index is 11.9. The molecule has 0 aromatic heterocycles. The third-order valence-electron chi connectivity index (χ3n) is 3.74. The highest BCUT2D eigenvalue weighted by atomic mass is 16.6. The Morgan fingerprint density at radius 2 is 2.06 bits per heavy atom. The van der Waals surface area contributed by atoms with E-state index in [1.54, 1.807) is 0 Å². The van der Waals surface area contributed by atoms with Gasteiger partial charge in [0.05, 0.1) is 5.54 Å². The Morgan fingerprint density at radius 1 is 1.29 bits per heavy atom. The number of fused-ring (bicyclic) bond motifs is 1. The van der Waals surface area contributed by atoms with Gasteiger partial charge in [0.1, 0.15) is 5.76 Å². The van der Waals surface area contributed by atoms with Crippen molar-refractivity contribution in [2.24, 2.45) is 0 Å². The van der Waals surface area contributed by atoms with Crippen molar-refractivity contribution in [1.29, 1.82) is 0 Å². The molecule has 1 aromatic carbocycles. The van der Waals surface area contributed by atoms with Gasteiger partial charge in [0.25, 0.3) is 0 Å². The first-order valence-corrected chi connectivity index (χ1v) is 5.95. The summed E-state index contributed by atoms with van der Waals surface area (Å²) >= 11 is 0. The zero-order valence-electron chi connectivity index (χ0n) is 9.69. The summed E-state index contributed by atoms with van der Waals surface area (Å²) in [6.45, 7) is 4.60. The number of rotatable bonds is 1. The molecule has 3 rings (SSSR count). The van der Waals surface area contributed by atoms with E-state index < -0.39 is 0 Å². The summed E-state index contributed by atoms with van der Waals surface area (Å²) in [5, 5.41) is 0. The Kier molecular flexibility index (Phi) is 2.21. The zero-order valence-corrected chi connectivity index (χ0v) is 9.69. The molecule has 0 bridgehead atoms. The molecule has 3 nitrogen and oxygen atoms in total. The second-order valence-corrected chi connectivity index (χ2v) is 4.74. The monoisotopic (exact) mass is 229 g/mol. The van der Waals surface area contributed by atoms with Gasteiger partial charge in [0.2, 0.25) is 0 Å². The first-order chi connectivity index (χ1) is 8.22. The highest BCUT2D eigenvalue weighted by molar-refractivity contribution is 5.72. The third-order valence-corrected chi connectivity index (χ3v) is 3.74. The fraction of sp³-hybridized carbons (Fsp3) is 0.357. The molecule has 2 aliphatic heterocycles. The molecule has 2 saturated heterocycles. The summed E-state index contributed by atoms with van der Waals surface area (Å²) in [7, 11) is 0. The van der Waals surface area contributed by atoms with Crippen LogP contribution in [-0.4, -0.2) is 17.5 Å². The molecule has 2 fully saturated rings. The maximum Gasteiger partial charge on any atom is 0.415 e. The molecule has 1 atom stereocenters. The number of hydrogen-bond donors (Lipinski definition) is 0. The molecule has 2 heterocycles. The topological polar surface area (TPSA) is 29.5 Å². The minimum Gasteiger partial charge on any atom is -0.415 e. The fourth-order valence-electron chi connectivity index (χ4n) is 3.02. The van der Waals surface area contributed by atoms with E-state index in [0.29, 0.717) is 12.2 Å². The van der Waals surface area contributed by atoms with Crippen LogP contribution in [0.4, 0.5) is 4.79 Å². The van der Waals surface area contributed by atoms with Gasteiger partial charge in [-0.2, -0.15) is 0 Å². The molecule has 0 spiro atoms. The summed E-state index contributed by atoms with van der Waals surface area (Å²) in [5.74, 6) is 0.581. The van der Waals surface area contributed by atoms with E-state index in [9.17, 15) is 4.79 Å². The summed E-state index contributed by atoms with van der Waals surface area (Å²) in [5.41, 5.74) is 0.975. The first kappa shape index (κ1) is 10.4. The van der Waals surface area contributed by atoms with Gasteiger partial charge in [0.15, 0.2) is 0 Å². The van der Waals surface area contributed by atoms with E-state index in [0.717, 1.165) is 19.4 Å². The van der Waals surface area contributed by atoms with Gasteiger partial charge in [-0.15, -0.1) is 0 Å². The highest BCUT2D eigenvalue weighted by Crippen LogP contribution is 2.46. The highest BCUT2D eigenvalue weighted by Gasteiger charge is 2.49. The molecular weight excluding hydrogens is 214 g/mol. The number of benzene rings is 1. The number of amides is 1. The lowest BCUT2D eigenvalue weighted by atomic mass is 9.83. The van der Waals surface area contributed by atoms with Gasteiger partial charge >= 0.3 is 6.09 Å². The van der Waals surface area contributed by atoms with Gasteiger partial charge in [-0.25, -0.2) is 4.79 Å². The van der Waals surface area contributed by atoms with Crippen LogP contribution in [0.5, 0.6) is 0 Å². The van der Waals surface area contributed by atoms with Crippen molar-refractivity contribution in [1.82, 2.24) is 4.90 Å². The second kappa shape index (κ2) is 3.62. The summed E-state index contributed by atoms with van der Waals surface area (Å²) in [4.78, 5) is 13.8. The predicted octanol–water partition coefficient (Wildman–Crippen LogP) is 3.03. The Balaban J connectivity index is 2.09. The molecule has 17 heavy (non-hydrogen) atoms. The fourth-order valence-corrected chi connectivity index (χ4v) is 3.02. The van der Waals surface area contributed by atoms with Crippen molar-refractivity contribution in [2.75, 3.05) is 6.54 Å². The average molecular weight is 229 g/mol. The van der Waals surface area contributed by atoms with Crippen LogP contribution in [-0.2, 0) is 10.3 Å². The van der Waals surface area contributed by atoms with Gasteiger partial charge in [-0.3, -0.25) is 4.90 Å². The van der Waals surface area contributed by atoms with E-state index in [1.807, 2.05) is 23.1 Å². The Morgan fingerprint density at radius 3 is 2.82 bits per heavy atom. The van der Waals surface area contributed by atoms with Gasteiger partial charge in [-0.1, -0.05) is 36.9 Å². The molecule has 1 aromatic rings. The molecule has 3 heteroatoms. The lowest BCUT2D eigenvalue weighted by molar-refractivity contribution is 0.0477. The lowest BCUT2D eigenvalue weighted by Gasteiger charge is -2.42. The molecule has 0 unspecified atom stereocenters. The van der Waals surface area contributed by atoms with Crippen molar-refractivity contribution in [3.63, 3.8) is 0 Å². The standard InChI is InChI=1S/C14H15NO2/c1-11-10-14(12-6-3-2-4-7-12)8-5-9-15(14)13(16)17-11/h2-4,6-7H,1,5,8-10H2/t14-/m0/s1. The first-order valence-electron chi connectivity index (χ1n) is 5.95. The molecule has 88 valence electrons. The number of carbonyl (C=O) groups is 1. The van der Waals surface area contributed by atoms with Crippen LogP contribution in [0.15, 0.2) is 42.7 Å². The molecule has 1 amide bonds. The van der Waals surface area contributed by atoms with Crippen molar-refractivity contribution in [3.05, 3.63) is 48.2 Å². The summed E-state index contributed by atoms with van der Waals surface area (Å²) in [6.07, 6.45) is 2.48. The third kappa shape index (κ3) is 1.46. The number of carbonyl (C=O) groups excluding carboxylic acids is 1. The smallest absolute Gasteiger partial charge is 0.415 e. The van der Waals surface area contributed by atoms with Crippen LogP contribution in [0.25, 0.3) is 0 Å². The molecule has 0 saturated carbocycles. The Hall–Kier alpha value is -1.77. The van der Waals surface area contributed by atoms with E-state index >= 15 is 0 Å². The number of ether oxygens (including phenoxy) is 1. The predicted molar refractivity (Wildman–Crippen MR) is 64.3 cm³/mol.